The van der Waals surface area contributed by atoms with Gasteiger partial charge in [-0.3, -0.25) is 4.79 Å². The highest BCUT2D eigenvalue weighted by atomic mass is 32.2. The van der Waals surface area contributed by atoms with E-state index in [9.17, 15) is 13.2 Å². The highest BCUT2D eigenvalue weighted by Gasteiger charge is 2.34. The molecule has 0 spiro atoms. The Hall–Kier alpha value is -0.660. The Morgan fingerprint density at radius 3 is 1.95 bits per heavy atom. The molecule has 0 radical (unpaired) electrons. The summed E-state index contributed by atoms with van der Waals surface area (Å²) in [5.41, 5.74) is 0. The Morgan fingerprint density at radius 1 is 1.05 bits per heavy atom. The van der Waals surface area contributed by atoms with Crippen molar-refractivity contribution in [2.24, 2.45) is 11.8 Å². The molecule has 2 fully saturated rings. The van der Waals surface area contributed by atoms with E-state index in [0.717, 1.165) is 12.8 Å². The van der Waals surface area contributed by atoms with Crippen LogP contribution in [-0.4, -0.2) is 54.3 Å². The monoisotopic (exact) mass is 304 g/mol. The average Bonchev–Trinajstić information content (AvgIpc) is 2.39. The fraction of sp³-hybridized carbons (Fsp3) is 0.923. The van der Waals surface area contributed by atoms with Gasteiger partial charge in [-0.05, 0) is 37.5 Å². The zero-order chi connectivity index (χ0) is 14.8. The second kappa shape index (κ2) is 6.41. The van der Waals surface area contributed by atoms with Gasteiger partial charge in [0, 0.05) is 32.6 Å². The zero-order valence-corrected chi connectivity index (χ0v) is 12.8. The fourth-order valence-corrected chi connectivity index (χ4v) is 4.64. The topological polar surface area (TPSA) is 77.9 Å². The molecule has 20 heavy (non-hydrogen) atoms. The molecule has 2 aliphatic rings. The van der Waals surface area contributed by atoms with E-state index in [1.54, 1.807) is 4.31 Å². The summed E-state index contributed by atoms with van der Waals surface area (Å²) >= 11 is 0. The van der Waals surface area contributed by atoms with E-state index < -0.39 is 16.2 Å². The van der Waals surface area contributed by atoms with Gasteiger partial charge in [-0.25, -0.2) is 0 Å². The van der Waals surface area contributed by atoms with Crippen molar-refractivity contribution in [3.8, 4) is 0 Å². The van der Waals surface area contributed by atoms with Crippen LogP contribution in [0.15, 0.2) is 0 Å². The maximum Gasteiger partial charge on any atom is 0.303 e. The van der Waals surface area contributed by atoms with Crippen LogP contribution < -0.4 is 0 Å². The fourth-order valence-electron chi connectivity index (χ4n) is 2.97. The third kappa shape index (κ3) is 3.71. The lowest BCUT2D eigenvalue weighted by Gasteiger charge is -2.37. The molecule has 116 valence electrons. The van der Waals surface area contributed by atoms with Crippen molar-refractivity contribution in [1.82, 2.24) is 8.61 Å². The third-order valence-corrected chi connectivity index (χ3v) is 6.47. The third-order valence-electron chi connectivity index (χ3n) is 4.43. The van der Waals surface area contributed by atoms with Gasteiger partial charge in [0.05, 0.1) is 0 Å². The Morgan fingerprint density at radius 2 is 1.50 bits per heavy atom. The van der Waals surface area contributed by atoms with Crippen molar-refractivity contribution in [2.75, 3.05) is 26.2 Å². The van der Waals surface area contributed by atoms with Gasteiger partial charge in [0.1, 0.15) is 0 Å². The maximum atomic E-state index is 12.5. The first-order valence-electron chi connectivity index (χ1n) is 7.36. The molecule has 0 aromatic heterocycles. The minimum atomic E-state index is -3.34. The van der Waals surface area contributed by atoms with E-state index in [1.165, 1.54) is 4.31 Å². The molecule has 0 aromatic carbocycles. The number of aliphatic carboxylic acids is 1. The molecule has 0 amide bonds. The highest BCUT2D eigenvalue weighted by Crippen LogP contribution is 2.26. The minimum Gasteiger partial charge on any atom is -0.481 e. The summed E-state index contributed by atoms with van der Waals surface area (Å²) < 4.78 is 28.1. The number of rotatable bonds is 4. The molecular formula is C13H24N2O4S. The van der Waals surface area contributed by atoms with Crippen LogP contribution in [0.1, 0.15) is 39.0 Å². The molecule has 0 aromatic rings. The first-order valence-corrected chi connectivity index (χ1v) is 8.76. The maximum absolute atomic E-state index is 12.5. The summed E-state index contributed by atoms with van der Waals surface area (Å²) in [6.07, 6.45) is 3.30. The summed E-state index contributed by atoms with van der Waals surface area (Å²) in [4.78, 5) is 10.7. The van der Waals surface area contributed by atoms with Gasteiger partial charge in [-0.1, -0.05) is 6.92 Å². The van der Waals surface area contributed by atoms with Gasteiger partial charge < -0.3 is 5.11 Å². The Labute approximate surface area is 120 Å². The molecule has 2 saturated heterocycles. The van der Waals surface area contributed by atoms with E-state index in [1.807, 2.05) is 0 Å². The van der Waals surface area contributed by atoms with E-state index in [0.29, 0.717) is 44.9 Å². The molecule has 0 atom stereocenters. The largest absolute Gasteiger partial charge is 0.481 e. The van der Waals surface area contributed by atoms with Crippen LogP contribution >= 0.6 is 0 Å². The molecule has 0 bridgehead atoms. The first kappa shape index (κ1) is 15.7. The number of nitrogens with zero attached hydrogens (tertiary/aromatic N) is 2. The Balaban J connectivity index is 1.90. The SMILES string of the molecule is CC1CCN(S(=O)(=O)N2CCC(CC(=O)O)CC2)CC1. The lowest BCUT2D eigenvalue weighted by atomic mass is 9.95. The predicted octanol–water partition coefficient (Wildman–Crippen LogP) is 1.15. The van der Waals surface area contributed by atoms with Gasteiger partial charge in [-0.2, -0.15) is 17.0 Å². The molecule has 1 N–H and O–H groups in total. The lowest BCUT2D eigenvalue weighted by molar-refractivity contribution is -0.138. The first-order chi connectivity index (χ1) is 9.39. The molecule has 2 aliphatic heterocycles. The second-order valence-electron chi connectivity index (χ2n) is 6.03. The predicted molar refractivity (Wildman–Crippen MR) is 75.4 cm³/mol. The smallest absolute Gasteiger partial charge is 0.303 e. The van der Waals surface area contributed by atoms with E-state index in [2.05, 4.69) is 6.92 Å². The van der Waals surface area contributed by atoms with Crippen LogP contribution in [0.3, 0.4) is 0 Å². The molecule has 0 aliphatic carbocycles. The second-order valence-corrected chi connectivity index (χ2v) is 7.96. The van der Waals surface area contributed by atoms with E-state index in [4.69, 9.17) is 5.11 Å². The number of hydrogen-bond acceptors (Lipinski definition) is 3. The van der Waals surface area contributed by atoms with E-state index in [-0.39, 0.29) is 12.3 Å². The Kier molecular flexibility index (Phi) is 5.04. The van der Waals surface area contributed by atoms with Crippen LogP contribution in [0, 0.1) is 11.8 Å². The summed E-state index contributed by atoms with van der Waals surface area (Å²) in [5.74, 6) is -0.0839. The number of carboxylic acid groups (broad SMARTS) is 1. The van der Waals surface area contributed by atoms with Crippen LogP contribution in [0.25, 0.3) is 0 Å². The molecule has 0 unspecified atom stereocenters. The average molecular weight is 304 g/mol. The summed E-state index contributed by atoms with van der Waals surface area (Å²) in [7, 11) is -3.34. The van der Waals surface area contributed by atoms with Gasteiger partial charge in [0.2, 0.25) is 0 Å². The summed E-state index contributed by atoms with van der Waals surface area (Å²) in [6, 6.07) is 0. The zero-order valence-electron chi connectivity index (χ0n) is 12.0. The standard InChI is InChI=1S/C13H24N2O4S/c1-11-2-6-14(7-3-11)20(18,19)15-8-4-12(5-9-15)10-13(16)17/h11-12H,2-10H2,1H3,(H,16,17). The highest BCUT2D eigenvalue weighted by molar-refractivity contribution is 7.86. The normalized spacial score (nSPS) is 24.9. The van der Waals surface area contributed by atoms with Crippen molar-refractivity contribution in [3.63, 3.8) is 0 Å². The molecule has 2 heterocycles. The molecule has 6 nitrogen and oxygen atoms in total. The number of carbonyl (C=O) groups is 1. The number of piperidine rings is 2. The van der Waals surface area contributed by atoms with Gasteiger partial charge in [0.15, 0.2) is 0 Å². The lowest BCUT2D eigenvalue weighted by Crippen LogP contribution is -2.49. The summed E-state index contributed by atoms with van der Waals surface area (Å²) in [6.45, 7) is 4.27. The summed E-state index contributed by atoms with van der Waals surface area (Å²) in [5, 5.41) is 8.78. The van der Waals surface area contributed by atoms with Crippen LogP contribution in [0.5, 0.6) is 0 Å². The van der Waals surface area contributed by atoms with Crippen LogP contribution in [0.2, 0.25) is 0 Å². The van der Waals surface area contributed by atoms with Crippen molar-refractivity contribution in [1.29, 1.82) is 0 Å². The van der Waals surface area contributed by atoms with Crippen molar-refractivity contribution >= 4 is 16.2 Å². The van der Waals surface area contributed by atoms with Gasteiger partial charge >= 0.3 is 5.97 Å². The molecular weight excluding hydrogens is 280 g/mol. The number of carboxylic acids is 1. The van der Waals surface area contributed by atoms with Gasteiger partial charge in [0.25, 0.3) is 10.2 Å². The minimum absolute atomic E-state index is 0.111. The molecule has 7 heteroatoms. The quantitative estimate of drug-likeness (QED) is 0.845. The van der Waals surface area contributed by atoms with Gasteiger partial charge in [-0.15, -0.1) is 0 Å². The van der Waals surface area contributed by atoms with Crippen LogP contribution in [-0.2, 0) is 15.0 Å². The van der Waals surface area contributed by atoms with Crippen molar-refractivity contribution in [3.05, 3.63) is 0 Å². The number of hydrogen-bond donors (Lipinski definition) is 1. The van der Waals surface area contributed by atoms with E-state index >= 15 is 0 Å². The van der Waals surface area contributed by atoms with Crippen molar-refractivity contribution in [2.45, 2.75) is 39.0 Å². The molecule has 0 saturated carbocycles. The van der Waals surface area contributed by atoms with Crippen molar-refractivity contribution < 1.29 is 18.3 Å². The van der Waals surface area contributed by atoms with Crippen LogP contribution in [0.4, 0.5) is 0 Å². The Bertz CT molecular complexity index is 435. The molecule has 2 rings (SSSR count).